The Morgan fingerprint density at radius 2 is 2.40 bits per heavy atom. The summed E-state index contributed by atoms with van der Waals surface area (Å²) in [4.78, 5) is 9.01. The molecule has 4 atom stereocenters. The normalized spacial score (nSPS) is 30.3. The van der Waals surface area contributed by atoms with E-state index in [1.165, 1.54) is 24.8 Å². The lowest BCUT2D eigenvalue weighted by Crippen LogP contribution is -2.48. The molecule has 0 amide bonds. The van der Waals surface area contributed by atoms with Gasteiger partial charge in [0, 0.05) is 30.6 Å². The average molecular weight is 363 g/mol. The number of rotatable bonds is 5. The zero-order valence-corrected chi connectivity index (χ0v) is 16.1. The molecule has 0 radical (unpaired) electrons. The molecule has 0 spiro atoms. The second-order valence-corrected chi connectivity index (χ2v) is 8.52. The highest BCUT2D eigenvalue weighted by Crippen LogP contribution is 2.34. The van der Waals surface area contributed by atoms with Crippen molar-refractivity contribution >= 4 is 17.3 Å². The fourth-order valence-electron chi connectivity index (χ4n) is 4.27. The topological polar surface area (TPSA) is 48.9 Å². The van der Waals surface area contributed by atoms with E-state index in [1.807, 2.05) is 11.3 Å². The Labute approximate surface area is 154 Å². The molecule has 138 valence electrons. The number of nitrogens with zero attached hydrogens (tertiary/aromatic N) is 2. The Morgan fingerprint density at radius 3 is 3.16 bits per heavy atom. The van der Waals surface area contributed by atoms with E-state index in [1.54, 1.807) is 4.88 Å². The molecule has 4 heterocycles. The van der Waals surface area contributed by atoms with Crippen LogP contribution in [-0.2, 0) is 17.7 Å². The van der Waals surface area contributed by atoms with Crippen LogP contribution in [0.2, 0.25) is 0 Å². The van der Waals surface area contributed by atoms with Crippen molar-refractivity contribution in [2.45, 2.75) is 70.4 Å². The first-order chi connectivity index (χ1) is 12.2. The molecule has 6 heteroatoms. The first-order valence-electron chi connectivity index (χ1n) is 9.72. The van der Waals surface area contributed by atoms with Crippen LogP contribution in [-0.4, -0.2) is 54.8 Å². The summed E-state index contributed by atoms with van der Waals surface area (Å²) in [5, 5.41) is 9.24. The molecule has 5 nitrogen and oxygen atoms in total. The first kappa shape index (κ1) is 17.3. The summed E-state index contributed by atoms with van der Waals surface area (Å²) in [6.07, 6.45) is 5.57. The number of thiophene rings is 1. The van der Waals surface area contributed by atoms with Crippen molar-refractivity contribution in [1.29, 1.82) is 0 Å². The van der Waals surface area contributed by atoms with E-state index in [2.05, 4.69) is 40.8 Å². The van der Waals surface area contributed by atoms with Crippen LogP contribution in [0.5, 0.6) is 0 Å². The van der Waals surface area contributed by atoms with E-state index in [0.717, 1.165) is 38.6 Å². The SMILES string of the molecule is CCNC(=NCC(C)N1CCc2sccc2C1)NC1CC2CCC1O2. The lowest BCUT2D eigenvalue weighted by atomic mass is 9.96. The van der Waals surface area contributed by atoms with Crippen LogP contribution in [0.4, 0.5) is 0 Å². The molecular weight excluding hydrogens is 332 g/mol. The third-order valence-electron chi connectivity index (χ3n) is 5.75. The second kappa shape index (κ2) is 7.64. The van der Waals surface area contributed by atoms with Crippen molar-refractivity contribution < 1.29 is 4.74 Å². The number of hydrogen-bond acceptors (Lipinski definition) is 4. The third-order valence-corrected chi connectivity index (χ3v) is 6.77. The quantitative estimate of drug-likeness (QED) is 0.624. The van der Waals surface area contributed by atoms with Gasteiger partial charge in [0.1, 0.15) is 0 Å². The lowest BCUT2D eigenvalue weighted by molar-refractivity contribution is 0.0992. The molecule has 1 aromatic heterocycles. The maximum Gasteiger partial charge on any atom is 0.191 e. The van der Waals surface area contributed by atoms with Crippen molar-refractivity contribution in [3.8, 4) is 0 Å². The molecule has 2 saturated heterocycles. The summed E-state index contributed by atoms with van der Waals surface area (Å²) < 4.78 is 5.96. The van der Waals surface area contributed by atoms with Gasteiger partial charge in [-0.15, -0.1) is 11.3 Å². The molecule has 1 aromatic rings. The van der Waals surface area contributed by atoms with Crippen LogP contribution in [0.1, 0.15) is 43.6 Å². The van der Waals surface area contributed by atoms with E-state index >= 15 is 0 Å². The summed E-state index contributed by atoms with van der Waals surface area (Å²) in [6, 6.07) is 3.16. The molecule has 4 rings (SSSR count). The average Bonchev–Trinajstić information content (AvgIpc) is 3.35. The Morgan fingerprint density at radius 1 is 1.48 bits per heavy atom. The van der Waals surface area contributed by atoms with Gasteiger partial charge in [-0.05, 0) is 56.5 Å². The van der Waals surface area contributed by atoms with E-state index in [0.29, 0.717) is 24.3 Å². The zero-order chi connectivity index (χ0) is 17.2. The van der Waals surface area contributed by atoms with Gasteiger partial charge >= 0.3 is 0 Å². The van der Waals surface area contributed by atoms with Gasteiger partial charge in [-0.3, -0.25) is 9.89 Å². The van der Waals surface area contributed by atoms with Gasteiger partial charge in [0.25, 0.3) is 0 Å². The van der Waals surface area contributed by atoms with Crippen molar-refractivity contribution in [3.05, 3.63) is 21.9 Å². The summed E-state index contributed by atoms with van der Waals surface area (Å²) >= 11 is 1.90. The van der Waals surface area contributed by atoms with Gasteiger partial charge in [0.15, 0.2) is 5.96 Å². The van der Waals surface area contributed by atoms with Crippen LogP contribution >= 0.6 is 11.3 Å². The molecule has 2 fully saturated rings. The van der Waals surface area contributed by atoms with E-state index < -0.39 is 0 Å². The zero-order valence-electron chi connectivity index (χ0n) is 15.3. The molecule has 0 saturated carbocycles. The Bertz CT molecular complexity index is 616. The Kier molecular flexibility index (Phi) is 5.29. The summed E-state index contributed by atoms with van der Waals surface area (Å²) in [6.45, 7) is 8.36. The number of aliphatic imine (C=N–C) groups is 1. The van der Waals surface area contributed by atoms with Crippen LogP contribution in [0.25, 0.3) is 0 Å². The molecule has 2 bridgehead atoms. The molecular formula is C19H30N4OS. The van der Waals surface area contributed by atoms with Gasteiger partial charge in [-0.2, -0.15) is 0 Å². The van der Waals surface area contributed by atoms with E-state index in [-0.39, 0.29) is 0 Å². The predicted molar refractivity (Wildman–Crippen MR) is 103 cm³/mol. The highest BCUT2D eigenvalue weighted by Gasteiger charge is 2.41. The summed E-state index contributed by atoms with van der Waals surface area (Å²) in [5.74, 6) is 0.948. The first-order valence-corrected chi connectivity index (χ1v) is 10.6. The fourth-order valence-corrected chi connectivity index (χ4v) is 5.16. The second-order valence-electron chi connectivity index (χ2n) is 7.52. The standard InChI is InChI=1S/C19H30N4OS/c1-3-20-19(22-16-10-15-4-5-17(16)24-15)21-11-13(2)23-8-6-18-14(12-23)7-9-25-18/h7,9,13,15-17H,3-6,8,10-12H2,1-2H3,(H2,20,21,22). The molecule has 0 aromatic carbocycles. The maximum atomic E-state index is 5.96. The van der Waals surface area contributed by atoms with Gasteiger partial charge < -0.3 is 15.4 Å². The smallest absolute Gasteiger partial charge is 0.191 e. The van der Waals surface area contributed by atoms with E-state index in [9.17, 15) is 0 Å². The molecule has 4 unspecified atom stereocenters. The highest BCUT2D eigenvalue weighted by molar-refractivity contribution is 7.10. The lowest BCUT2D eigenvalue weighted by Gasteiger charge is -2.32. The molecule has 2 N–H and O–H groups in total. The summed E-state index contributed by atoms with van der Waals surface area (Å²) in [7, 11) is 0. The largest absolute Gasteiger partial charge is 0.373 e. The maximum absolute atomic E-state index is 5.96. The number of nitrogens with one attached hydrogen (secondary N) is 2. The number of hydrogen-bond donors (Lipinski definition) is 2. The summed E-state index contributed by atoms with van der Waals surface area (Å²) in [5.41, 5.74) is 1.51. The van der Waals surface area contributed by atoms with E-state index in [4.69, 9.17) is 9.73 Å². The van der Waals surface area contributed by atoms with Crippen molar-refractivity contribution in [2.75, 3.05) is 19.6 Å². The van der Waals surface area contributed by atoms with Gasteiger partial charge in [-0.1, -0.05) is 0 Å². The van der Waals surface area contributed by atoms with Crippen LogP contribution in [0.15, 0.2) is 16.4 Å². The van der Waals surface area contributed by atoms with Gasteiger partial charge in [-0.25, -0.2) is 0 Å². The number of fused-ring (bicyclic) bond motifs is 3. The molecule has 25 heavy (non-hydrogen) atoms. The number of guanidine groups is 1. The fraction of sp³-hybridized carbons (Fsp3) is 0.737. The molecule has 0 aliphatic carbocycles. The molecule has 3 aliphatic rings. The Balaban J connectivity index is 1.33. The number of ether oxygens (including phenoxy) is 1. The predicted octanol–water partition coefficient (Wildman–Crippen LogP) is 2.37. The highest BCUT2D eigenvalue weighted by atomic mass is 32.1. The van der Waals surface area contributed by atoms with Crippen molar-refractivity contribution in [1.82, 2.24) is 15.5 Å². The van der Waals surface area contributed by atoms with Crippen molar-refractivity contribution in [3.63, 3.8) is 0 Å². The van der Waals surface area contributed by atoms with Gasteiger partial charge in [0.05, 0.1) is 24.8 Å². The van der Waals surface area contributed by atoms with Gasteiger partial charge in [0.2, 0.25) is 0 Å². The third kappa shape index (κ3) is 3.86. The van der Waals surface area contributed by atoms with Crippen LogP contribution in [0, 0.1) is 0 Å². The minimum Gasteiger partial charge on any atom is -0.373 e. The van der Waals surface area contributed by atoms with Crippen LogP contribution < -0.4 is 10.6 Å². The Hall–Kier alpha value is -1.11. The minimum absolute atomic E-state index is 0.380. The molecule has 3 aliphatic heterocycles. The van der Waals surface area contributed by atoms with Crippen LogP contribution in [0.3, 0.4) is 0 Å². The minimum atomic E-state index is 0.380. The van der Waals surface area contributed by atoms with Crippen molar-refractivity contribution in [2.24, 2.45) is 4.99 Å². The monoisotopic (exact) mass is 362 g/mol.